The highest BCUT2D eigenvalue weighted by Crippen LogP contribution is 2.41. The summed E-state index contributed by atoms with van der Waals surface area (Å²) in [6.07, 6.45) is 9.61. The molecule has 0 bridgehead atoms. The van der Waals surface area contributed by atoms with Gasteiger partial charge in [-0.3, -0.25) is 10.1 Å². The van der Waals surface area contributed by atoms with Crippen LogP contribution in [0.4, 0.5) is 21.9 Å². The maximum absolute atomic E-state index is 12.8. The molecule has 2 aliphatic heterocycles. The van der Waals surface area contributed by atoms with Gasteiger partial charge in [0.1, 0.15) is 0 Å². The molecule has 2 aromatic carbocycles. The number of hydrogen-bond donors (Lipinski definition) is 3. The smallest absolute Gasteiger partial charge is 0.338 e. The number of anilines is 3. The highest BCUT2D eigenvalue weighted by atomic mass is 16.2. The van der Waals surface area contributed by atoms with Gasteiger partial charge in [-0.05, 0) is 55.4 Å². The molecule has 0 spiro atoms. The number of nitrogens with zero attached hydrogens (tertiary/aromatic N) is 3. The van der Waals surface area contributed by atoms with E-state index in [9.17, 15) is 4.79 Å². The summed E-state index contributed by atoms with van der Waals surface area (Å²) >= 11 is 0. The number of fused-ring (bicyclic) bond motifs is 3. The Morgan fingerprint density at radius 1 is 1.00 bits per heavy atom. The lowest BCUT2D eigenvalue weighted by Gasteiger charge is -2.43. The number of H-pyrrole nitrogens is 1. The summed E-state index contributed by atoms with van der Waals surface area (Å²) in [5.74, 6) is 1.78. The van der Waals surface area contributed by atoms with Crippen LogP contribution in [0.3, 0.4) is 0 Å². The first-order chi connectivity index (χ1) is 15.8. The van der Waals surface area contributed by atoms with Crippen LogP contribution in [0.5, 0.6) is 0 Å². The first-order valence-corrected chi connectivity index (χ1v) is 11.9. The van der Waals surface area contributed by atoms with E-state index < -0.39 is 0 Å². The Kier molecular flexibility index (Phi) is 4.89. The van der Waals surface area contributed by atoms with Crippen LogP contribution in [-0.2, 0) is 6.42 Å². The number of piperidine rings is 1. The molecule has 2 fully saturated rings. The van der Waals surface area contributed by atoms with Crippen molar-refractivity contribution in [3.63, 3.8) is 0 Å². The molecule has 2 amide bonds. The number of hydrogen-bond acceptors (Lipinski definition) is 4. The van der Waals surface area contributed by atoms with Gasteiger partial charge in [0, 0.05) is 36.3 Å². The molecule has 3 heterocycles. The number of amides is 2. The zero-order chi connectivity index (χ0) is 21.5. The van der Waals surface area contributed by atoms with E-state index >= 15 is 0 Å². The number of carbonyl (C=O) groups excluding carboxylic acids is 1. The zero-order valence-corrected chi connectivity index (χ0v) is 18.3. The lowest BCUT2D eigenvalue weighted by atomic mass is 9.75. The highest BCUT2D eigenvalue weighted by Gasteiger charge is 2.33. The Morgan fingerprint density at radius 2 is 1.84 bits per heavy atom. The fraction of sp³-hybridized carbons (Fsp3) is 0.440. The lowest BCUT2D eigenvalue weighted by molar-refractivity contribution is 0.202. The van der Waals surface area contributed by atoms with E-state index in [0.717, 1.165) is 53.6 Å². The first kappa shape index (κ1) is 19.5. The van der Waals surface area contributed by atoms with Gasteiger partial charge in [-0.15, -0.1) is 0 Å². The molecule has 3 aliphatic rings. The van der Waals surface area contributed by atoms with Crippen molar-refractivity contribution in [3.8, 4) is 0 Å². The molecule has 2 atom stereocenters. The zero-order valence-electron chi connectivity index (χ0n) is 18.3. The summed E-state index contributed by atoms with van der Waals surface area (Å²) in [6, 6.07) is 12.0. The normalized spacial score (nSPS) is 22.5. The van der Waals surface area contributed by atoms with Gasteiger partial charge in [-0.1, -0.05) is 31.4 Å². The van der Waals surface area contributed by atoms with Crippen LogP contribution in [0.15, 0.2) is 42.6 Å². The number of aromatic amines is 1. The van der Waals surface area contributed by atoms with Gasteiger partial charge in [0.05, 0.1) is 23.1 Å². The third-order valence-corrected chi connectivity index (χ3v) is 7.60. The molecule has 1 aromatic heterocycles. The summed E-state index contributed by atoms with van der Waals surface area (Å²) in [7, 11) is 0. The largest absolute Gasteiger partial charge is 0.371 e. The second-order valence-corrected chi connectivity index (χ2v) is 9.42. The molecule has 2 unspecified atom stereocenters. The Hall–Kier alpha value is -3.22. The minimum atomic E-state index is -0.236. The van der Waals surface area contributed by atoms with Crippen LogP contribution in [0.25, 0.3) is 10.9 Å². The van der Waals surface area contributed by atoms with Crippen LogP contribution >= 0.6 is 0 Å². The summed E-state index contributed by atoms with van der Waals surface area (Å²) in [6.45, 7) is 3.12. The van der Waals surface area contributed by atoms with Gasteiger partial charge in [0.25, 0.3) is 0 Å². The van der Waals surface area contributed by atoms with Crippen LogP contribution in [-0.4, -0.2) is 35.9 Å². The van der Waals surface area contributed by atoms with E-state index in [1.807, 2.05) is 23.2 Å². The molecular formula is C25H30N6O. The molecule has 32 heavy (non-hydrogen) atoms. The summed E-state index contributed by atoms with van der Waals surface area (Å²) < 4.78 is 0. The third-order valence-electron chi connectivity index (χ3n) is 7.60. The molecule has 0 radical (unpaired) electrons. The van der Waals surface area contributed by atoms with E-state index in [2.05, 4.69) is 44.0 Å². The number of carbonyl (C=O) groups is 1. The number of hydrazine groups is 1. The topological polar surface area (TPSA) is 76.3 Å². The Labute approximate surface area is 188 Å². The van der Waals surface area contributed by atoms with Crippen molar-refractivity contribution < 1.29 is 4.79 Å². The summed E-state index contributed by atoms with van der Waals surface area (Å²) in [4.78, 5) is 15.4. The average molecular weight is 431 g/mol. The minimum absolute atomic E-state index is 0.236. The molecular weight excluding hydrogens is 400 g/mol. The van der Waals surface area contributed by atoms with Crippen LogP contribution in [0, 0.1) is 11.8 Å². The highest BCUT2D eigenvalue weighted by molar-refractivity contribution is 6.00. The van der Waals surface area contributed by atoms with Crippen molar-refractivity contribution in [2.75, 3.05) is 34.9 Å². The SMILES string of the molecule is O=C(Nc1cccc2[nH]ncc12)NN1CCc2c(N3CCC4CCCCC4C3)cccc21. The van der Waals surface area contributed by atoms with Crippen molar-refractivity contribution in [1.29, 1.82) is 0 Å². The van der Waals surface area contributed by atoms with Gasteiger partial charge in [-0.25, -0.2) is 10.2 Å². The van der Waals surface area contributed by atoms with Crippen molar-refractivity contribution >= 4 is 34.0 Å². The number of benzene rings is 2. The second-order valence-electron chi connectivity index (χ2n) is 9.42. The van der Waals surface area contributed by atoms with Gasteiger partial charge < -0.3 is 10.2 Å². The second kappa shape index (κ2) is 8.04. The quantitative estimate of drug-likeness (QED) is 0.564. The maximum atomic E-state index is 12.8. The van der Waals surface area contributed by atoms with Crippen LogP contribution in [0.1, 0.15) is 37.7 Å². The fourth-order valence-electron chi connectivity index (χ4n) is 6.00. The van der Waals surface area contributed by atoms with E-state index in [0.29, 0.717) is 0 Å². The molecule has 1 saturated carbocycles. The van der Waals surface area contributed by atoms with Crippen molar-refractivity contribution in [1.82, 2.24) is 15.6 Å². The van der Waals surface area contributed by atoms with Crippen LogP contribution in [0.2, 0.25) is 0 Å². The fourth-order valence-corrected chi connectivity index (χ4v) is 6.00. The predicted molar refractivity (Wildman–Crippen MR) is 128 cm³/mol. The van der Waals surface area contributed by atoms with Gasteiger partial charge in [-0.2, -0.15) is 5.10 Å². The summed E-state index contributed by atoms with van der Waals surface area (Å²) in [5, 5.41) is 12.9. The van der Waals surface area contributed by atoms with Crippen molar-refractivity contribution in [3.05, 3.63) is 48.2 Å². The Balaban J connectivity index is 1.17. The van der Waals surface area contributed by atoms with E-state index in [1.165, 1.54) is 49.9 Å². The molecule has 3 N–H and O–H groups in total. The molecule has 3 aromatic rings. The van der Waals surface area contributed by atoms with E-state index in [1.54, 1.807) is 6.20 Å². The number of aromatic nitrogens is 2. The first-order valence-electron chi connectivity index (χ1n) is 11.9. The van der Waals surface area contributed by atoms with Crippen molar-refractivity contribution in [2.24, 2.45) is 11.8 Å². The number of nitrogens with one attached hydrogen (secondary N) is 3. The lowest BCUT2D eigenvalue weighted by Crippen LogP contribution is -2.43. The van der Waals surface area contributed by atoms with E-state index in [4.69, 9.17) is 0 Å². The maximum Gasteiger partial charge on any atom is 0.338 e. The Bertz CT molecular complexity index is 1140. The monoisotopic (exact) mass is 430 g/mol. The standard InChI is InChI=1S/C25H30N6O/c32-25(27-21-7-3-8-22-20(21)15-26-28-22)29-31-14-12-19-23(9-4-10-24(19)31)30-13-11-17-5-1-2-6-18(17)16-30/h3-4,7-10,15,17-18H,1-2,5-6,11-14,16H2,(H,26,28)(H2,27,29,32). The molecule has 7 heteroatoms. The van der Waals surface area contributed by atoms with Gasteiger partial charge >= 0.3 is 6.03 Å². The molecule has 7 nitrogen and oxygen atoms in total. The van der Waals surface area contributed by atoms with Crippen LogP contribution < -0.4 is 20.7 Å². The van der Waals surface area contributed by atoms with Crippen molar-refractivity contribution in [2.45, 2.75) is 38.5 Å². The molecule has 1 aliphatic carbocycles. The molecule has 6 rings (SSSR count). The van der Waals surface area contributed by atoms with Gasteiger partial charge in [0.15, 0.2) is 0 Å². The predicted octanol–water partition coefficient (Wildman–Crippen LogP) is 4.68. The Morgan fingerprint density at radius 3 is 2.78 bits per heavy atom. The van der Waals surface area contributed by atoms with Gasteiger partial charge in [0.2, 0.25) is 0 Å². The minimum Gasteiger partial charge on any atom is -0.371 e. The summed E-state index contributed by atoms with van der Waals surface area (Å²) in [5.41, 5.74) is 8.54. The number of urea groups is 1. The van der Waals surface area contributed by atoms with E-state index in [-0.39, 0.29) is 6.03 Å². The molecule has 1 saturated heterocycles. The average Bonchev–Trinajstić information content (AvgIpc) is 3.47. The third kappa shape index (κ3) is 3.45. The molecule has 166 valence electrons. The number of rotatable bonds is 3.